The first-order chi connectivity index (χ1) is 10.1. The highest BCUT2D eigenvalue weighted by atomic mass is 32.2. The molecule has 0 spiro atoms. The normalized spacial score (nSPS) is 25.9. The van der Waals surface area contributed by atoms with E-state index in [-0.39, 0.29) is 17.2 Å². The van der Waals surface area contributed by atoms with E-state index in [1.165, 1.54) is 9.80 Å². The number of nitrogens with zero attached hydrogens (tertiary/aromatic N) is 2. The van der Waals surface area contributed by atoms with Crippen molar-refractivity contribution >= 4 is 29.4 Å². The minimum atomic E-state index is -0.524. The van der Waals surface area contributed by atoms with Gasteiger partial charge in [-0.05, 0) is 31.0 Å². The lowest BCUT2D eigenvalue weighted by molar-refractivity contribution is -0.153. The molecule has 3 heterocycles. The molecule has 6 heteroatoms. The Kier molecular flexibility index (Phi) is 4.28. The number of aliphatic hydroxyl groups is 1. The molecule has 1 amide bonds. The number of allylic oxidation sites excluding steroid dienone is 1. The second-order valence-corrected chi connectivity index (χ2v) is 7.61. The second-order valence-electron chi connectivity index (χ2n) is 5.24. The molecule has 0 aliphatic carbocycles. The van der Waals surface area contributed by atoms with Crippen LogP contribution in [-0.2, 0) is 10.5 Å². The number of carbonyl (C=O) groups is 1. The van der Waals surface area contributed by atoms with Gasteiger partial charge in [0.25, 0.3) is 0 Å². The molecule has 1 aromatic rings. The number of amides is 1. The molecular weight excluding hydrogens is 304 g/mol. The van der Waals surface area contributed by atoms with E-state index in [1.807, 2.05) is 30.9 Å². The summed E-state index contributed by atoms with van der Waals surface area (Å²) in [6, 6.07) is 4.01. The maximum Gasteiger partial charge on any atom is 0.236 e. The van der Waals surface area contributed by atoms with Crippen molar-refractivity contribution in [1.29, 1.82) is 0 Å². The van der Waals surface area contributed by atoms with Crippen LogP contribution < -0.4 is 0 Å². The molecule has 2 aliphatic rings. The van der Waals surface area contributed by atoms with Crippen LogP contribution in [0.3, 0.4) is 0 Å². The summed E-state index contributed by atoms with van der Waals surface area (Å²) < 4.78 is 1.19. The third-order valence-corrected chi connectivity index (χ3v) is 6.85. The summed E-state index contributed by atoms with van der Waals surface area (Å²) in [5.74, 6) is 0.700. The van der Waals surface area contributed by atoms with Crippen molar-refractivity contribution in [1.82, 2.24) is 9.88 Å². The number of β-lactam (4-membered cyclic amide) rings is 1. The highest BCUT2D eigenvalue weighted by Crippen LogP contribution is 2.54. The number of pyridine rings is 1. The molecule has 1 saturated heterocycles. The molecule has 0 unspecified atom stereocenters. The first-order valence-corrected chi connectivity index (χ1v) is 8.90. The molecule has 3 atom stereocenters. The smallest absolute Gasteiger partial charge is 0.236 e. The molecule has 0 saturated carbocycles. The standard InChI is InChI=1S/C15H18N2O2S2/c1-3-11(18)12-13(19)17-9(2)15(21-14(12)17)20-8-10-4-6-16-7-5-10/h4-7,11-12,14,18H,3,8H2,1-2H3/t11-,12+,14+/m0/s1. The summed E-state index contributed by atoms with van der Waals surface area (Å²) in [7, 11) is 0. The van der Waals surface area contributed by atoms with Crippen molar-refractivity contribution < 1.29 is 9.90 Å². The topological polar surface area (TPSA) is 53.4 Å². The van der Waals surface area contributed by atoms with Crippen LogP contribution in [0.4, 0.5) is 0 Å². The van der Waals surface area contributed by atoms with Gasteiger partial charge in [-0.15, -0.1) is 11.8 Å². The van der Waals surface area contributed by atoms with E-state index in [2.05, 4.69) is 4.98 Å². The summed E-state index contributed by atoms with van der Waals surface area (Å²) >= 11 is 3.47. The van der Waals surface area contributed by atoms with Gasteiger partial charge in [0.05, 0.1) is 16.3 Å². The minimum absolute atomic E-state index is 0.0684. The van der Waals surface area contributed by atoms with Crippen LogP contribution in [0.25, 0.3) is 0 Å². The van der Waals surface area contributed by atoms with E-state index >= 15 is 0 Å². The van der Waals surface area contributed by atoms with Crippen LogP contribution in [0, 0.1) is 5.92 Å². The van der Waals surface area contributed by atoms with Gasteiger partial charge in [0, 0.05) is 23.8 Å². The summed E-state index contributed by atoms with van der Waals surface area (Å²) in [5.41, 5.74) is 2.26. The Hall–Kier alpha value is -0.980. The SMILES string of the molecule is CC[C@H](O)[C@@H]1C(=O)N2C(C)=C(SCc3ccncc3)S[C@H]12. The average molecular weight is 322 g/mol. The van der Waals surface area contributed by atoms with Crippen LogP contribution in [0.15, 0.2) is 34.5 Å². The average Bonchev–Trinajstić information content (AvgIpc) is 2.78. The molecule has 0 radical (unpaired) electrons. The van der Waals surface area contributed by atoms with Crippen LogP contribution >= 0.6 is 23.5 Å². The third kappa shape index (κ3) is 2.60. The highest BCUT2D eigenvalue weighted by molar-refractivity contribution is 8.22. The van der Waals surface area contributed by atoms with E-state index in [1.54, 1.807) is 35.9 Å². The number of hydrogen-bond donors (Lipinski definition) is 1. The number of carbonyl (C=O) groups excluding carboxylic acids is 1. The van der Waals surface area contributed by atoms with E-state index in [4.69, 9.17) is 0 Å². The minimum Gasteiger partial charge on any atom is -0.392 e. The Bertz CT molecular complexity index is 576. The predicted octanol–water partition coefficient (Wildman–Crippen LogP) is 2.81. The van der Waals surface area contributed by atoms with Crippen LogP contribution in [0.1, 0.15) is 25.8 Å². The van der Waals surface area contributed by atoms with Gasteiger partial charge < -0.3 is 10.0 Å². The van der Waals surface area contributed by atoms with Gasteiger partial charge in [0.2, 0.25) is 5.91 Å². The Labute approximate surface area is 133 Å². The fourth-order valence-corrected chi connectivity index (χ4v) is 5.48. The van der Waals surface area contributed by atoms with Crippen molar-refractivity contribution in [3.05, 3.63) is 40.0 Å². The van der Waals surface area contributed by atoms with Gasteiger partial charge in [-0.25, -0.2) is 0 Å². The maximum absolute atomic E-state index is 12.2. The fraction of sp³-hybridized carbons (Fsp3) is 0.467. The first kappa shape index (κ1) is 14.9. The molecule has 0 bridgehead atoms. The number of aromatic nitrogens is 1. The van der Waals surface area contributed by atoms with Crippen LogP contribution in [0.2, 0.25) is 0 Å². The van der Waals surface area contributed by atoms with E-state index < -0.39 is 6.10 Å². The largest absolute Gasteiger partial charge is 0.392 e. The monoisotopic (exact) mass is 322 g/mol. The molecule has 3 rings (SSSR count). The van der Waals surface area contributed by atoms with E-state index in [9.17, 15) is 9.90 Å². The summed E-state index contributed by atoms with van der Waals surface area (Å²) in [5, 5.41) is 10.1. The second kappa shape index (κ2) is 6.02. The number of aliphatic hydroxyl groups excluding tert-OH is 1. The number of hydrogen-bond acceptors (Lipinski definition) is 5. The lowest BCUT2D eigenvalue weighted by Gasteiger charge is -2.44. The van der Waals surface area contributed by atoms with Gasteiger partial charge in [-0.3, -0.25) is 9.78 Å². The Morgan fingerprint density at radius 3 is 2.86 bits per heavy atom. The predicted molar refractivity (Wildman–Crippen MR) is 86.2 cm³/mol. The fourth-order valence-electron chi connectivity index (χ4n) is 2.64. The Morgan fingerprint density at radius 1 is 1.48 bits per heavy atom. The quantitative estimate of drug-likeness (QED) is 0.845. The van der Waals surface area contributed by atoms with Crippen molar-refractivity contribution in [2.45, 2.75) is 37.5 Å². The van der Waals surface area contributed by atoms with E-state index in [0.717, 1.165) is 11.4 Å². The lowest BCUT2D eigenvalue weighted by atomic mass is 9.90. The molecule has 1 aromatic heterocycles. The Morgan fingerprint density at radius 2 is 2.19 bits per heavy atom. The number of rotatable bonds is 5. The molecule has 2 aliphatic heterocycles. The maximum atomic E-state index is 12.2. The summed E-state index contributed by atoms with van der Waals surface area (Å²) in [6.07, 6.45) is 3.69. The van der Waals surface area contributed by atoms with Crippen molar-refractivity contribution in [3.8, 4) is 0 Å². The van der Waals surface area contributed by atoms with Gasteiger partial charge in [-0.1, -0.05) is 18.7 Å². The zero-order valence-electron chi connectivity index (χ0n) is 12.0. The zero-order chi connectivity index (χ0) is 15.0. The van der Waals surface area contributed by atoms with Crippen molar-refractivity contribution in [2.24, 2.45) is 5.92 Å². The summed E-state index contributed by atoms with van der Waals surface area (Å²) in [4.78, 5) is 18.0. The molecule has 1 N–H and O–H groups in total. The molecule has 0 aromatic carbocycles. The lowest BCUT2D eigenvalue weighted by Crippen LogP contribution is -2.60. The number of fused-ring (bicyclic) bond motifs is 1. The molecule has 21 heavy (non-hydrogen) atoms. The zero-order valence-corrected chi connectivity index (χ0v) is 13.7. The molecule has 4 nitrogen and oxygen atoms in total. The van der Waals surface area contributed by atoms with Crippen molar-refractivity contribution in [3.63, 3.8) is 0 Å². The van der Waals surface area contributed by atoms with Gasteiger partial charge in [-0.2, -0.15) is 0 Å². The van der Waals surface area contributed by atoms with Gasteiger partial charge in [0.1, 0.15) is 5.37 Å². The van der Waals surface area contributed by atoms with Crippen LogP contribution in [-0.4, -0.2) is 32.4 Å². The Balaban J connectivity index is 1.66. The molecule has 1 fully saturated rings. The van der Waals surface area contributed by atoms with Crippen LogP contribution in [0.5, 0.6) is 0 Å². The van der Waals surface area contributed by atoms with Crippen molar-refractivity contribution in [2.75, 3.05) is 0 Å². The molecule has 112 valence electrons. The summed E-state index contributed by atoms with van der Waals surface area (Å²) in [6.45, 7) is 3.91. The van der Waals surface area contributed by atoms with E-state index in [0.29, 0.717) is 6.42 Å². The molecular formula is C15H18N2O2S2. The number of thioether (sulfide) groups is 2. The van der Waals surface area contributed by atoms with Gasteiger partial charge >= 0.3 is 0 Å². The highest BCUT2D eigenvalue weighted by Gasteiger charge is 2.55. The van der Waals surface area contributed by atoms with Gasteiger partial charge in [0.15, 0.2) is 0 Å². The third-order valence-electron chi connectivity index (χ3n) is 3.92. The first-order valence-electron chi connectivity index (χ1n) is 7.04.